The molecule has 0 aliphatic heterocycles. The van der Waals surface area contributed by atoms with Crippen molar-refractivity contribution in [1.82, 2.24) is 14.4 Å². The second-order valence-electron chi connectivity index (χ2n) is 5.20. The van der Waals surface area contributed by atoms with E-state index in [1.807, 2.05) is 6.07 Å². The van der Waals surface area contributed by atoms with Crippen molar-refractivity contribution in [3.63, 3.8) is 0 Å². The molecule has 3 aromatic rings. The minimum Gasteiger partial charge on any atom is -0.327 e. The van der Waals surface area contributed by atoms with Crippen LogP contribution in [0.1, 0.15) is 24.7 Å². The number of imidazole rings is 2. The Bertz CT molecular complexity index is 761. The molecular weight excluding hydrogens is 222 g/mol. The lowest BCUT2D eigenvalue weighted by Crippen LogP contribution is -1.98. The fraction of sp³-hybridized carbons (Fsp3) is 0.267. The van der Waals surface area contributed by atoms with Crippen molar-refractivity contribution in [2.45, 2.75) is 19.8 Å². The number of para-hydroxylation sites is 2. The topological polar surface area (TPSA) is 33.1 Å². The van der Waals surface area contributed by atoms with Crippen molar-refractivity contribution >= 4 is 22.9 Å². The molecule has 2 aromatic heterocycles. The average Bonchev–Trinajstić information content (AvgIpc) is 2.80. The molecule has 18 heavy (non-hydrogen) atoms. The second-order valence-corrected chi connectivity index (χ2v) is 5.20. The van der Waals surface area contributed by atoms with E-state index in [1.165, 1.54) is 16.9 Å². The Hall–Kier alpha value is -2.03. The molecular formula is C15H15N3. The van der Waals surface area contributed by atoms with Gasteiger partial charge in [0.1, 0.15) is 0 Å². The van der Waals surface area contributed by atoms with Crippen LogP contribution in [-0.4, -0.2) is 14.4 Å². The molecule has 1 unspecified atom stereocenters. The predicted molar refractivity (Wildman–Crippen MR) is 73.6 cm³/mol. The van der Waals surface area contributed by atoms with Crippen LogP contribution >= 0.6 is 0 Å². The molecule has 0 fully saturated rings. The first-order chi connectivity index (χ1) is 8.83. The monoisotopic (exact) mass is 237 g/mol. The Morgan fingerprint density at radius 2 is 2.22 bits per heavy atom. The van der Waals surface area contributed by atoms with E-state index < -0.39 is 0 Å². The van der Waals surface area contributed by atoms with Crippen molar-refractivity contribution in [1.29, 1.82) is 0 Å². The van der Waals surface area contributed by atoms with E-state index in [-0.39, 0.29) is 0 Å². The summed E-state index contributed by atoms with van der Waals surface area (Å²) < 4.78 is 2.24. The fourth-order valence-electron chi connectivity index (χ4n) is 2.86. The molecule has 0 radical (unpaired) electrons. The van der Waals surface area contributed by atoms with Crippen molar-refractivity contribution in [2.24, 2.45) is 5.92 Å². The van der Waals surface area contributed by atoms with E-state index in [9.17, 15) is 0 Å². The number of rotatable bonds is 0. The van der Waals surface area contributed by atoms with Crippen LogP contribution in [0.25, 0.3) is 22.9 Å². The van der Waals surface area contributed by atoms with Gasteiger partial charge in [-0.25, -0.2) is 4.98 Å². The lowest BCUT2D eigenvalue weighted by Gasteiger charge is -2.04. The maximum Gasteiger partial charge on any atom is 0.213 e. The maximum absolute atomic E-state index is 4.65. The maximum atomic E-state index is 4.65. The number of fused-ring (bicyclic) bond motifs is 5. The normalized spacial score (nSPS) is 19.3. The number of aromatic nitrogens is 3. The highest BCUT2D eigenvalue weighted by Gasteiger charge is 2.17. The first-order valence-corrected chi connectivity index (χ1v) is 6.47. The SMILES string of the molecule is CC1CC=Cc2c([nH]c3nc4ccccc4n23)C1. The fourth-order valence-corrected chi connectivity index (χ4v) is 2.86. The van der Waals surface area contributed by atoms with Gasteiger partial charge in [-0.15, -0.1) is 0 Å². The Morgan fingerprint density at radius 1 is 1.33 bits per heavy atom. The van der Waals surface area contributed by atoms with Gasteiger partial charge >= 0.3 is 0 Å². The molecule has 1 aliphatic rings. The molecule has 4 rings (SSSR count). The van der Waals surface area contributed by atoms with E-state index in [0.29, 0.717) is 5.92 Å². The predicted octanol–water partition coefficient (Wildman–Crippen LogP) is 3.41. The number of benzene rings is 1. The zero-order chi connectivity index (χ0) is 12.1. The van der Waals surface area contributed by atoms with Crippen molar-refractivity contribution in [3.8, 4) is 0 Å². The molecule has 90 valence electrons. The summed E-state index contributed by atoms with van der Waals surface area (Å²) in [5.74, 6) is 1.65. The summed E-state index contributed by atoms with van der Waals surface area (Å²) >= 11 is 0. The van der Waals surface area contributed by atoms with E-state index in [0.717, 1.165) is 24.1 Å². The molecule has 0 saturated carbocycles. The van der Waals surface area contributed by atoms with E-state index in [4.69, 9.17) is 0 Å². The summed E-state index contributed by atoms with van der Waals surface area (Å²) in [6.45, 7) is 2.29. The van der Waals surface area contributed by atoms with Gasteiger partial charge in [-0.05, 0) is 37.0 Å². The third-order valence-electron chi connectivity index (χ3n) is 3.74. The summed E-state index contributed by atoms with van der Waals surface area (Å²) in [6, 6.07) is 8.29. The zero-order valence-electron chi connectivity index (χ0n) is 10.4. The molecule has 2 heterocycles. The largest absolute Gasteiger partial charge is 0.327 e. The lowest BCUT2D eigenvalue weighted by atomic mass is 10.0. The first kappa shape index (κ1) is 9.95. The van der Waals surface area contributed by atoms with Gasteiger partial charge in [-0.3, -0.25) is 4.40 Å². The van der Waals surface area contributed by atoms with Crippen LogP contribution in [0.3, 0.4) is 0 Å². The Balaban J connectivity index is 2.10. The summed E-state index contributed by atoms with van der Waals surface area (Å²) in [6.07, 6.45) is 6.76. The first-order valence-electron chi connectivity index (χ1n) is 6.47. The smallest absolute Gasteiger partial charge is 0.213 e. The van der Waals surface area contributed by atoms with Crippen molar-refractivity contribution < 1.29 is 0 Å². The highest BCUT2D eigenvalue weighted by atomic mass is 15.1. The molecule has 3 nitrogen and oxygen atoms in total. The van der Waals surface area contributed by atoms with Gasteiger partial charge in [0.05, 0.1) is 16.7 Å². The number of hydrogen-bond acceptors (Lipinski definition) is 1. The molecule has 1 aromatic carbocycles. The Morgan fingerprint density at radius 3 is 3.17 bits per heavy atom. The van der Waals surface area contributed by atoms with Crippen LogP contribution in [0, 0.1) is 5.92 Å². The van der Waals surface area contributed by atoms with Gasteiger partial charge in [-0.2, -0.15) is 0 Å². The number of nitrogens with zero attached hydrogens (tertiary/aromatic N) is 2. The summed E-state index contributed by atoms with van der Waals surface area (Å²) in [5.41, 5.74) is 4.81. The molecule has 1 aliphatic carbocycles. The Kier molecular flexibility index (Phi) is 1.92. The van der Waals surface area contributed by atoms with Crippen LogP contribution in [0.4, 0.5) is 0 Å². The second kappa shape index (κ2) is 3.48. The van der Waals surface area contributed by atoms with E-state index in [2.05, 4.69) is 51.6 Å². The minimum atomic E-state index is 0.692. The quantitative estimate of drug-likeness (QED) is 0.638. The molecule has 0 saturated heterocycles. The van der Waals surface area contributed by atoms with Gasteiger partial charge in [0.2, 0.25) is 5.78 Å². The molecule has 0 bridgehead atoms. The highest BCUT2D eigenvalue weighted by molar-refractivity contribution is 5.81. The third kappa shape index (κ3) is 1.27. The zero-order valence-corrected chi connectivity index (χ0v) is 10.4. The lowest BCUT2D eigenvalue weighted by molar-refractivity contribution is 0.587. The van der Waals surface area contributed by atoms with Gasteiger partial charge in [-0.1, -0.05) is 25.1 Å². The molecule has 3 heteroatoms. The van der Waals surface area contributed by atoms with Crippen molar-refractivity contribution in [3.05, 3.63) is 41.7 Å². The van der Waals surface area contributed by atoms with Gasteiger partial charge in [0.15, 0.2) is 0 Å². The van der Waals surface area contributed by atoms with Crippen LogP contribution in [0.5, 0.6) is 0 Å². The molecule has 0 amide bonds. The average molecular weight is 237 g/mol. The standard InChI is InChI=1S/C15H15N3/c1-10-5-4-8-14-12(9-10)17-15-16-11-6-2-3-7-13(11)18(14)15/h2-4,6-8,10H,5,9H2,1H3,(H,16,17). The third-order valence-corrected chi connectivity index (χ3v) is 3.74. The summed E-state index contributed by atoms with van der Waals surface area (Å²) in [7, 11) is 0. The number of aromatic amines is 1. The van der Waals surface area contributed by atoms with Crippen LogP contribution in [-0.2, 0) is 6.42 Å². The summed E-state index contributed by atoms with van der Waals surface area (Å²) in [5, 5.41) is 0. The van der Waals surface area contributed by atoms with Gasteiger partial charge in [0.25, 0.3) is 0 Å². The number of allylic oxidation sites excluding steroid dienone is 1. The van der Waals surface area contributed by atoms with Crippen LogP contribution in [0.2, 0.25) is 0 Å². The number of nitrogens with one attached hydrogen (secondary N) is 1. The van der Waals surface area contributed by atoms with Gasteiger partial charge in [0, 0.05) is 5.69 Å². The van der Waals surface area contributed by atoms with Crippen molar-refractivity contribution in [2.75, 3.05) is 0 Å². The number of hydrogen-bond donors (Lipinski definition) is 1. The minimum absolute atomic E-state index is 0.692. The molecule has 1 atom stereocenters. The van der Waals surface area contributed by atoms with Crippen LogP contribution < -0.4 is 0 Å². The molecule has 1 N–H and O–H groups in total. The number of H-pyrrole nitrogens is 1. The van der Waals surface area contributed by atoms with Gasteiger partial charge < -0.3 is 4.98 Å². The molecule has 0 spiro atoms. The highest BCUT2D eigenvalue weighted by Crippen LogP contribution is 2.26. The van der Waals surface area contributed by atoms with E-state index >= 15 is 0 Å². The Labute approximate surface area is 105 Å². The van der Waals surface area contributed by atoms with E-state index in [1.54, 1.807) is 0 Å². The van der Waals surface area contributed by atoms with Crippen LogP contribution in [0.15, 0.2) is 30.3 Å². The summed E-state index contributed by atoms with van der Waals surface area (Å²) in [4.78, 5) is 8.13.